The molecule has 0 unspecified atom stereocenters. The van der Waals surface area contributed by atoms with Crippen molar-refractivity contribution in [1.82, 2.24) is 0 Å². The Labute approximate surface area is 139 Å². The van der Waals surface area contributed by atoms with Crippen LogP contribution < -0.4 is 5.06 Å². The van der Waals surface area contributed by atoms with Gasteiger partial charge in [-0.15, -0.1) is 0 Å². The largest absolute Gasteiger partial charge is 0.275 e. The van der Waals surface area contributed by atoms with Crippen LogP contribution in [0, 0.1) is 0 Å². The van der Waals surface area contributed by atoms with Crippen LogP contribution in [0.3, 0.4) is 0 Å². The number of hydrogen-bond donors (Lipinski definition) is 0. The summed E-state index contributed by atoms with van der Waals surface area (Å²) < 4.78 is 29.6. The van der Waals surface area contributed by atoms with Crippen molar-refractivity contribution < 1.29 is 17.4 Å². The first kappa shape index (κ1) is 15.0. The van der Waals surface area contributed by atoms with E-state index in [1.54, 1.807) is 17.2 Å². The van der Waals surface area contributed by atoms with Crippen molar-refractivity contribution >= 4 is 27.4 Å². The van der Waals surface area contributed by atoms with Crippen LogP contribution in [-0.2, 0) is 19.1 Å². The van der Waals surface area contributed by atoms with Crippen molar-refractivity contribution in [2.24, 2.45) is 0 Å². The fourth-order valence-corrected chi connectivity index (χ4v) is 4.79. The number of hydroxylamine groups is 1. The molecule has 0 spiro atoms. The molecule has 5 nitrogen and oxygen atoms in total. The van der Waals surface area contributed by atoms with Crippen LogP contribution in [0.25, 0.3) is 0 Å². The molecule has 0 N–H and O–H groups in total. The third kappa shape index (κ3) is 2.52. The monoisotopic (exact) mass is 351 g/mol. The average molecular weight is 352 g/mol. The number of nitrogens with zero attached hydrogens (tertiary/aromatic N) is 1. The molecule has 3 atom stereocenters. The van der Waals surface area contributed by atoms with Crippen LogP contribution in [0.1, 0.15) is 11.6 Å². The molecule has 0 bridgehead atoms. The second kappa shape index (κ2) is 5.49. The van der Waals surface area contributed by atoms with E-state index in [4.69, 9.17) is 20.6 Å². The van der Waals surface area contributed by atoms with Gasteiger partial charge >= 0.3 is 0 Å². The van der Waals surface area contributed by atoms with Gasteiger partial charge in [-0.3, -0.25) is 9.02 Å². The number of para-hydroxylation sites is 1. The van der Waals surface area contributed by atoms with E-state index in [2.05, 4.69) is 0 Å². The quantitative estimate of drug-likeness (QED) is 0.779. The van der Waals surface area contributed by atoms with E-state index in [0.29, 0.717) is 5.02 Å². The van der Waals surface area contributed by atoms with Crippen molar-refractivity contribution in [2.45, 2.75) is 17.4 Å². The molecule has 2 fully saturated rings. The lowest BCUT2D eigenvalue weighted by Gasteiger charge is -2.27. The summed E-state index contributed by atoms with van der Waals surface area (Å²) in [5.74, 6) is 0. The topological polar surface area (TPSA) is 55.8 Å². The van der Waals surface area contributed by atoms with Gasteiger partial charge in [0, 0.05) is 5.02 Å². The Morgan fingerprint density at radius 3 is 2.43 bits per heavy atom. The SMILES string of the molecule is O=S1(=O)OC[C@H]2ON(c3ccccc3)[C@@H](c3ccc(Cl)cc3)[C@H]21. The van der Waals surface area contributed by atoms with Gasteiger partial charge in [-0.25, -0.2) is 5.06 Å². The van der Waals surface area contributed by atoms with E-state index in [1.807, 2.05) is 42.5 Å². The number of halogens is 1. The van der Waals surface area contributed by atoms with Crippen molar-refractivity contribution in [3.05, 3.63) is 65.2 Å². The van der Waals surface area contributed by atoms with Gasteiger partial charge in [-0.05, 0) is 29.8 Å². The molecular formula is C16H14ClNO4S. The number of benzene rings is 2. The molecule has 23 heavy (non-hydrogen) atoms. The van der Waals surface area contributed by atoms with Crippen molar-refractivity contribution in [1.29, 1.82) is 0 Å². The summed E-state index contributed by atoms with van der Waals surface area (Å²) in [7, 11) is -3.67. The standard InChI is InChI=1S/C16H14ClNO4S/c17-12-8-6-11(7-9-12)15-16-14(10-21-23(16,19)20)22-18(15)13-4-2-1-3-5-13/h1-9,14-16H,10H2/t14-,15+,16+/m1/s1. The Balaban J connectivity index is 1.82. The molecule has 0 amide bonds. The molecule has 0 aromatic heterocycles. The maximum atomic E-state index is 12.3. The van der Waals surface area contributed by atoms with Crippen LogP contribution in [-0.4, -0.2) is 26.4 Å². The van der Waals surface area contributed by atoms with E-state index in [0.717, 1.165) is 11.3 Å². The van der Waals surface area contributed by atoms with Gasteiger partial charge in [0.05, 0.1) is 12.3 Å². The summed E-state index contributed by atoms with van der Waals surface area (Å²) in [5, 5.41) is 1.50. The highest BCUT2D eigenvalue weighted by Crippen LogP contribution is 2.45. The minimum absolute atomic E-state index is 0.0421. The lowest BCUT2D eigenvalue weighted by atomic mass is 10.0. The Kier molecular flexibility index (Phi) is 3.57. The summed E-state index contributed by atoms with van der Waals surface area (Å²) in [6.45, 7) is 0.0421. The van der Waals surface area contributed by atoms with E-state index >= 15 is 0 Å². The maximum absolute atomic E-state index is 12.3. The highest BCUT2D eigenvalue weighted by molar-refractivity contribution is 7.87. The molecule has 4 rings (SSSR count). The molecule has 2 aliphatic heterocycles. The third-order valence-corrected chi connectivity index (χ3v) is 6.08. The van der Waals surface area contributed by atoms with Gasteiger partial charge in [0.2, 0.25) is 0 Å². The molecule has 0 aliphatic carbocycles. The van der Waals surface area contributed by atoms with Crippen LogP contribution in [0.5, 0.6) is 0 Å². The van der Waals surface area contributed by atoms with Crippen molar-refractivity contribution in [2.75, 3.05) is 11.7 Å². The Bertz CT molecular complexity index is 810. The maximum Gasteiger partial charge on any atom is 0.275 e. The van der Waals surface area contributed by atoms with Crippen molar-refractivity contribution in [3.8, 4) is 0 Å². The lowest BCUT2D eigenvalue weighted by molar-refractivity contribution is 0.0640. The van der Waals surface area contributed by atoms with Gasteiger partial charge < -0.3 is 0 Å². The Morgan fingerprint density at radius 2 is 1.74 bits per heavy atom. The first-order valence-corrected chi connectivity index (χ1v) is 9.06. The number of fused-ring (bicyclic) bond motifs is 1. The molecular weight excluding hydrogens is 338 g/mol. The lowest BCUT2D eigenvalue weighted by Crippen LogP contribution is -2.31. The zero-order valence-electron chi connectivity index (χ0n) is 12.0. The van der Waals surface area contributed by atoms with Crippen LogP contribution in [0.15, 0.2) is 54.6 Å². The first-order chi connectivity index (χ1) is 11.1. The van der Waals surface area contributed by atoms with Crippen LogP contribution in [0.2, 0.25) is 5.02 Å². The van der Waals surface area contributed by atoms with E-state index in [-0.39, 0.29) is 6.61 Å². The van der Waals surface area contributed by atoms with Gasteiger partial charge in [0.15, 0.2) is 0 Å². The minimum atomic E-state index is -3.67. The number of hydrogen-bond acceptors (Lipinski definition) is 5. The van der Waals surface area contributed by atoms with E-state index in [9.17, 15) is 8.42 Å². The second-order valence-electron chi connectivity index (χ2n) is 5.54. The molecule has 0 radical (unpaired) electrons. The number of anilines is 1. The molecule has 2 heterocycles. The zero-order chi connectivity index (χ0) is 16.0. The molecule has 7 heteroatoms. The highest BCUT2D eigenvalue weighted by atomic mass is 35.5. The Hall–Kier alpha value is -1.60. The summed E-state index contributed by atoms with van der Waals surface area (Å²) in [4.78, 5) is 5.90. The fraction of sp³-hybridized carbons (Fsp3) is 0.250. The summed E-state index contributed by atoms with van der Waals surface area (Å²) in [5.41, 5.74) is 1.62. The molecule has 2 aromatic carbocycles. The van der Waals surface area contributed by atoms with Crippen LogP contribution in [0.4, 0.5) is 5.69 Å². The van der Waals surface area contributed by atoms with Gasteiger partial charge in [-0.1, -0.05) is 41.9 Å². The normalized spacial score (nSPS) is 28.7. The number of rotatable bonds is 2. The Morgan fingerprint density at radius 1 is 1.04 bits per heavy atom. The predicted molar refractivity (Wildman–Crippen MR) is 86.6 cm³/mol. The van der Waals surface area contributed by atoms with Gasteiger partial charge in [0.25, 0.3) is 10.1 Å². The van der Waals surface area contributed by atoms with Crippen molar-refractivity contribution in [3.63, 3.8) is 0 Å². The third-order valence-electron chi connectivity index (χ3n) is 4.13. The highest BCUT2D eigenvalue weighted by Gasteiger charge is 2.56. The van der Waals surface area contributed by atoms with E-state index in [1.165, 1.54) is 0 Å². The molecule has 120 valence electrons. The summed E-state index contributed by atoms with van der Waals surface area (Å²) >= 11 is 5.95. The van der Waals surface area contributed by atoms with Crippen LogP contribution >= 0.6 is 11.6 Å². The van der Waals surface area contributed by atoms with E-state index < -0.39 is 27.5 Å². The molecule has 2 aromatic rings. The summed E-state index contributed by atoms with van der Waals surface area (Å²) in [6.07, 6.45) is -0.513. The predicted octanol–water partition coefficient (Wildman–Crippen LogP) is 2.93. The zero-order valence-corrected chi connectivity index (χ0v) is 13.6. The van der Waals surface area contributed by atoms with Gasteiger partial charge in [0.1, 0.15) is 17.4 Å². The summed E-state index contributed by atoms with van der Waals surface area (Å²) in [6, 6.07) is 16.1. The minimum Gasteiger partial charge on any atom is -0.267 e. The smallest absolute Gasteiger partial charge is 0.267 e. The fourth-order valence-electron chi connectivity index (χ4n) is 3.10. The molecule has 2 aliphatic rings. The van der Waals surface area contributed by atoms with Gasteiger partial charge in [-0.2, -0.15) is 8.42 Å². The molecule has 0 saturated carbocycles. The molecule has 2 saturated heterocycles. The second-order valence-corrected chi connectivity index (χ2v) is 7.75. The first-order valence-electron chi connectivity index (χ1n) is 7.21. The average Bonchev–Trinajstić information content (AvgIpc) is 3.07.